The maximum absolute atomic E-state index is 12.7. The highest BCUT2D eigenvalue weighted by Crippen LogP contribution is 2.20. The molecule has 0 aliphatic carbocycles. The number of amides is 1. The Balaban J connectivity index is 1.75. The molecule has 0 bridgehead atoms. The number of halogens is 1. The fourth-order valence-corrected chi connectivity index (χ4v) is 3.44. The van der Waals surface area contributed by atoms with Gasteiger partial charge in [-0.05, 0) is 42.0 Å². The maximum atomic E-state index is 12.7. The van der Waals surface area contributed by atoms with Gasteiger partial charge in [0, 0.05) is 24.7 Å². The summed E-state index contributed by atoms with van der Waals surface area (Å²) in [6.45, 7) is 2.01. The number of carbonyl (C=O) groups is 1. The minimum Gasteiger partial charge on any atom is -0.376 e. The van der Waals surface area contributed by atoms with Crippen molar-refractivity contribution in [3.05, 3.63) is 57.2 Å². The quantitative estimate of drug-likeness (QED) is 0.818. The van der Waals surface area contributed by atoms with Crippen LogP contribution in [0.1, 0.15) is 28.1 Å². The van der Waals surface area contributed by atoms with Crippen molar-refractivity contribution in [1.82, 2.24) is 4.90 Å². The van der Waals surface area contributed by atoms with Crippen molar-refractivity contribution in [2.24, 2.45) is 0 Å². The first-order valence-corrected chi connectivity index (χ1v) is 8.67. The molecule has 1 aromatic carbocycles. The second-order valence-corrected chi connectivity index (χ2v) is 6.81. The van der Waals surface area contributed by atoms with Crippen LogP contribution in [-0.4, -0.2) is 30.1 Å². The van der Waals surface area contributed by atoms with E-state index in [4.69, 9.17) is 16.3 Å². The molecule has 116 valence electrons. The van der Waals surface area contributed by atoms with Gasteiger partial charge in [0.15, 0.2) is 0 Å². The summed E-state index contributed by atoms with van der Waals surface area (Å²) in [7, 11) is 0. The van der Waals surface area contributed by atoms with Crippen molar-refractivity contribution in [2.75, 3.05) is 13.2 Å². The Morgan fingerprint density at radius 2 is 2.14 bits per heavy atom. The molecule has 0 saturated carbocycles. The Morgan fingerprint density at radius 1 is 1.32 bits per heavy atom. The van der Waals surface area contributed by atoms with Crippen LogP contribution in [0.2, 0.25) is 5.02 Å². The zero-order valence-electron chi connectivity index (χ0n) is 12.2. The van der Waals surface area contributed by atoms with E-state index in [2.05, 4.69) is 0 Å². The first-order chi connectivity index (χ1) is 10.7. The lowest BCUT2D eigenvalue weighted by molar-refractivity contribution is 0.0511. The van der Waals surface area contributed by atoms with Crippen molar-refractivity contribution in [2.45, 2.75) is 25.5 Å². The number of rotatable bonds is 5. The van der Waals surface area contributed by atoms with Gasteiger partial charge in [-0.15, -0.1) is 11.3 Å². The average Bonchev–Trinajstić information content (AvgIpc) is 3.21. The molecule has 1 fully saturated rings. The van der Waals surface area contributed by atoms with E-state index in [0.29, 0.717) is 18.1 Å². The van der Waals surface area contributed by atoms with E-state index in [1.54, 1.807) is 0 Å². The molecule has 3 rings (SSSR count). The zero-order valence-corrected chi connectivity index (χ0v) is 13.8. The third-order valence-corrected chi connectivity index (χ3v) is 4.86. The molecule has 22 heavy (non-hydrogen) atoms. The van der Waals surface area contributed by atoms with E-state index in [1.165, 1.54) is 11.3 Å². The normalized spacial score (nSPS) is 17.6. The van der Waals surface area contributed by atoms with Gasteiger partial charge in [0.1, 0.15) is 0 Å². The number of hydrogen-bond donors (Lipinski definition) is 0. The van der Waals surface area contributed by atoms with Crippen LogP contribution in [0, 0.1) is 0 Å². The highest BCUT2D eigenvalue weighted by molar-refractivity contribution is 7.12. The Hall–Kier alpha value is -1.36. The number of thiophene rings is 1. The predicted molar refractivity (Wildman–Crippen MR) is 89.5 cm³/mol. The third kappa shape index (κ3) is 3.88. The summed E-state index contributed by atoms with van der Waals surface area (Å²) < 4.78 is 5.70. The maximum Gasteiger partial charge on any atom is 0.264 e. The van der Waals surface area contributed by atoms with Crippen molar-refractivity contribution < 1.29 is 9.53 Å². The van der Waals surface area contributed by atoms with E-state index in [0.717, 1.165) is 29.9 Å². The summed E-state index contributed by atoms with van der Waals surface area (Å²) in [6, 6.07) is 11.4. The predicted octanol–water partition coefficient (Wildman–Crippen LogP) is 4.22. The van der Waals surface area contributed by atoms with Crippen LogP contribution in [0.15, 0.2) is 41.8 Å². The van der Waals surface area contributed by atoms with Gasteiger partial charge in [-0.1, -0.05) is 29.8 Å². The molecule has 1 unspecified atom stereocenters. The lowest BCUT2D eigenvalue weighted by Crippen LogP contribution is -2.36. The van der Waals surface area contributed by atoms with E-state index >= 15 is 0 Å². The Bertz CT molecular complexity index is 606. The Kier molecular flexibility index (Phi) is 5.13. The summed E-state index contributed by atoms with van der Waals surface area (Å²) in [5, 5.41) is 2.64. The SMILES string of the molecule is O=C(c1cccs1)N(Cc1ccc(Cl)cc1)CC1CCCO1. The van der Waals surface area contributed by atoms with Gasteiger partial charge in [-0.2, -0.15) is 0 Å². The number of benzene rings is 1. The molecule has 0 radical (unpaired) electrons. The fourth-order valence-electron chi connectivity index (χ4n) is 2.62. The van der Waals surface area contributed by atoms with E-state index in [1.807, 2.05) is 46.7 Å². The molecule has 5 heteroatoms. The average molecular weight is 336 g/mol. The summed E-state index contributed by atoms with van der Waals surface area (Å²) >= 11 is 7.41. The van der Waals surface area contributed by atoms with Gasteiger partial charge < -0.3 is 9.64 Å². The molecule has 1 atom stereocenters. The summed E-state index contributed by atoms with van der Waals surface area (Å²) in [6.07, 6.45) is 2.25. The van der Waals surface area contributed by atoms with Crippen LogP contribution >= 0.6 is 22.9 Å². The molecular formula is C17H18ClNO2S. The topological polar surface area (TPSA) is 29.5 Å². The molecule has 2 aromatic rings. The first-order valence-electron chi connectivity index (χ1n) is 7.41. The fraction of sp³-hybridized carbons (Fsp3) is 0.353. The summed E-state index contributed by atoms with van der Waals surface area (Å²) in [5.41, 5.74) is 1.08. The molecule has 1 saturated heterocycles. The smallest absolute Gasteiger partial charge is 0.264 e. The number of carbonyl (C=O) groups excluding carboxylic acids is 1. The largest absolute Gasteiger partial charge is 0.376 e. The number of nitrogens with zero attached hydrogens (tertiary/aromatic N) is 1. The van der Waals surface area contributed by atoms with Crippen LogP contribution in [0.5, 0.6) is 0 Å². The van der Waals surface area contributed by atoms with Crippen LogP contribution < -0.4 is 0 Å². The van der Waals surface area contributed by atoms with Crippen LogP contribution in [0.3, 0.4) is 0 Å². The number of ether oxygens (including phenoxy) is 1. The van der Waals surface area contributed by atoms with Gasteiger partial charge >= 0.3 is 0 Å². The highest BCUT2D eigenvalue weighted by Gasteiger charge is 2.24. The van der Waals surface area contributed by atoms with Crippen molar-refractivity contribution in [1.29, 1.82) is 0 Å². The van der Waals surface area contributed by atoms with Crippen molar-refractivity contribution in [3.63, 3.8) is 0 Å². The molecule has 2 heterocycles. The third-order valence-electron chi connectivity index (χ3n) is 3.75. The molecule has 1 amide bonds. The molecule has 0 N–H and O–H groups in total. The summed E-state index contributed by atoms with van der Waals surface area (Å²) in [4.78, 5) is 15.4. The van der Waals surface area contributed by atoms with Crippen LogP contribution in [0.25, 0.3) is 0 Å². The second-order valence-electron chi connectivity index (χ2n) is 5.42. The minimum atomic E-state index is 0.0699. The van der Waals surface area contributed by atoms with E-state index < -0.39 is 0 Å². The zero-order chi connectivity index (χ0) is 15.4. The molecule has 1 aliphatic heterocycles. The van der Waals surface area contributed by atoms with Gasteiger partial charge in [0.05, 0.1) is 11.0 Å². The van der Waals surface area contributed by atoms with Crippen LogP contribution in [-0.2, 0) is 11.3 Å². The molecular weight excluding hydrogens is 318 g/mol. The molecule has 1 aliphatic rings. The Morgan fingerprint density at radius 3 is 2.77 bits per heavy atom. The van der Waals surface area contributed by atoms with Gasteiger partial charge in [0.25, 0.3) is 5.91 Å². The van der Waals surface area contributed by atoms with Gasteiger partial charge in [-0.25, -0.2) is 0 Å². The summed E-state index contributed by atoms with van der Waals surface area (Å²) in [5.74, 6) is 0.0699. The van der Waals surface area contributed by atoms with Gasteiger partial charge in [0.2, 0.25) is 0 Å². The lowest BCUT2D eigenvalue weighted by atomic mass is 10.1. The highest BCUT2D eigenvalue weighted by atomic mass is 35.5. The molecule has 3 nitrogen and oxygen atoms in total. The monoisotopic (exact) mass is 335 g/mol. The van der Waals surface area contributed by atoms with E-state index in [-0.39, 0.29) is 12.0 Å². The molecule has 1 aromatic heterocycles. The van der Waals surface area contributed by atoms with Crippen molar-refractivity contribution in [3.8, 4) is 0 Å². The first kappa shape index (κ1) is 15.5. The van der Waals surface area contributed by atoms with Gasteiger partial charge in [-0.3, -0.25) is 4.79 Å². The minimum absolute atomic E-state index is 0.0699. The lowest BCUT2D eigenvalue weighted by Gasteiger charge is -2.25. The second kappa shape index (κ2) is 7.27. The number of hydrogen-bond acceptors (Lipinski definition) is 3. The van der Waals surface area contributed by atoms with Crippen LogP contribution in [0.4, 0.5) is 0 Å². The van der Waals surface area contributed by atoms with E-state index in [9.17, 15) is 4.79 Å². The Labute approximate surface area is 139 Å². The van der Waals surface area contributed by atoms with Crippen molar-refractivity contribution >= 4 is 28.8 Å². The standard InChI is InChI=1S/C17H18ClNO2S/c18-14-7-5-13(6-8-14)11-19(12-15-3-1-9-21-15)17(20)16-4-2-10-22-16/h2,4-8,10,15H,1,3,9,11-12H2. The molecule has 0 spiro atoms.